The molecule has 2 aromatic carbocycles. The van der Waals surface area contributed by atoms with Crippen LogP contribution >= 0.6 is 23.2 Å². The summed E-state index contributed by atoms with van der Waals surface area (Å²) >= 11 is 12.4. The van der Waals surface area contributed by atoms with Crippen LogP contribution in [0.2, 0.25) is 10.0 Å². The summed E-state index contributed by atoms with van der Waals surface area (Å²) in [4.78, 5) is 16.6. The van der Waals surface area contributed by atoms with E-state index >= 15 is 0 Å². The van der Waals surface area contributed by atoms with Gasteiger partial charge in [0.1, 0.15) is 0 Å². The second kappa shape index (κ2) is 9.47. The van der Waals surface area contributed by atoms with E-state index in [0.717, 1.165) is 11.1 Å². The predicted octanol–water partition coefficient (Wildman–Crippen LogP) is 5.06. The molecule has 0 radical (unpaired) electrons. The lowest BCUT2D eigenvalue weighted by atomic mass is 10.0. The Morgan fingerprint density at radius 3 is 2.40 bits per heavy atom. The van der Waals surface area contributed by atoms with Crippen molar-refractivity contribution in [2.75, 3.05) is 6.61 Å². The number of rotatable bonds is 7. The van der Waals surface area contributed by atoms with Crippen molar-refractivity contribution in [2.24, 2.45) is 0 Å². The number of aromatic nitrogens is 1. The number of halogens is 2. The zero-order valence-corrected chi connectivity index (χ0v) is 18.1. The first-order valence-corrected chi connectivity index (χ1v) is 10.1. The molecular formula is C23H22Cl2N2O3. The second-order valence-corrected chi connectivity index (χ2v) is 8.30. The Kier molecular flexibility index (Phi) is 6.98. The first-order chi connectivity index (χ1) is 14.3. The van der Waals surface area contributed by atoms with E-state index in [1.165, 1.54) is 6.20 Å². The van der Waals surface area contributed by atoms with Crippen LogP contribution in [0.1, 0.15) is 41.4 Å². The maximum absolute atomic E-state index is 12.3. The molecule has 5 nitrogen and oxygen atoms in total. The summed E-state index contributed by atoms with van der Waals surface area (Å²) in [5, 5.41) is 13.3. The smallest absolute Gasteiger partial charge is 0.253 e. The zero-order valence-electron chi connectivity index (χ0n) is 16.6. The van der Waals surface area contributed by atoms with E-state index < -0.39 is 11.6 Å². The summed E-state index contributed by atoms with van der Waals surface area (Å²) in [5.41, 5.74) is 1.29. The number of ether oxygens (including phenoxy) is 1. The summed E-state index contributed by atoms with van der Waals surface area (Å²) in [5.74, 6) is 0.0151. The minimum Gasteiger partial charge on any atom is -0.464 e. The predicted molar refractivity (Wildman–Crippen MR) is 118 cm³/mol. The fourth-order valence-electron chi connectivity index (χ4n) is 2.76. The van der Waals surface area contributed by atoms with Gasteiger partial charge < -0.3 is 15.2 Å². The largest absolute Gasteiger partial charge is 0.464 e. The molecule has 1 atom stereocenters. The minimum atomic E-state index is -0.726. The highest BCUT2D eigenvalue weighted by atomic mass is 35.5. The third-order valence-electron chi connectivity index (χ3n) is 4.44. The van der Waals surface area contributed by atoms with Crippen molar-refractivity contribution in [2.45, 2.75) is 25.5 Å². The standard InChI is InChI=1S/C23H22Cl2N2O3/c1-23(2,14-28)27-22(29)16-9-12-20(26-13-16)30-21(15-7-10-17(24)11-8-15)18-5-3-4-6-19(18)25/h3-13,21,28H,14H2,1-2H3,(H,27,29). The quantitative estimate of drug-likeness (QED) is 0.534. The van der Waals surface area contributed by atoms with Crippen LogP contribution in [0, 0.1) is 0 Å². The molecule has 0 aliphatic carbocycles. The summed E-state index contributed by atoms with van der Waals surface area (Å²) in [6, 6.07) is 18.0. The van der Waals surface area contributed by atoms with Crippen molar-refractivity contribution in [3.63, 3.8) is 0 Å². The van der Waals surface area contributed by atoms with Crippen LogP contribution in [-0.2, 0) is 0 Å². The highest BCUT2D eigenvalue weighted by molar-refractivity contribution is 6.31. The van der Waals surface area contributed by atoms with Crippen LogP contribution < -0.4 is 10.1 Å². The maximum atomic E-state index is 12.3. The van der Waals surface area contributed by atoms with E-state index in [4.69, 9.17) is 27.9 Å². The lowest BCUT2D eigenvalue weighted by Gasteiger charge is -2.23. The van der Waals surface area contributed by atoms with Gasteiger partial charge in [-0.2, -0.15) is 0 Å². The van der Waals surface area contributed by atoms with E-state index in [1.54, 1.807) is 44.2 Å². The maximum Gasteiger partial charge on any atom is 0.253 e. The first-order valence-electron chi connectivity index (χ1n) is 9.35. The van der Waals surface area contributed by atoms with Crippen molar-refractivity contribution in [1.82, 2.24) is 10.3 Å². The van der Waals surface area contributed by atoms with Gasteiger partial charge in [-0.1, -0.05) is 53.5 Å². The molecule has 1 unspecified atom stereocenters. The van der Waals surface area contributed by atoms with Gasteiger partial charge in [-0.05, 0) is 43.7 Å². The highest BCUT2D eigenvalue weighted by Gasteiger charge is 2.22. The zero-order chi connectivity index (χ0) is 21.7. The molecule has 0 saturated carbocycles. The number of pyridine rings is 1. The molecule has 3 aromatic rings. The molecular weight excluding hydrogens is 423 g/mol. The number of carbonyl (C=O) groups excluding carboxylic acids is 1. The lowest BCUT2D eigenvalue weighted by molar-refractivity contribution is 0.0869. The molecule has 156 valence electrons. The van der Waals surface area contributed by atoms with Crippen LogP contribution in [0.5, 0.6) is 5.88 Å². The molecule has 0 aliphatic heterocycles. The van der Waals surface area contributed by atoms with Crippen LogP contribution in [0.25, 0.3) is 0 Å². The lowest BCUT2D eigenvalue weighted by Crippen LogP contribution is -2.46. The fraction of sp³-hybridized carbons (Fsp3) is 0.217. The molecule has 0 bridgehead atoms. The van der Waals surface area contributed by atoms with Gasteiger partial charge in [0.15, 0.2) is 6.10 Å². The van der Waals surface area contributed by atoms with Crippen LogP contribution in [-0.4, -0.2) is 28.1 Å². The minimum absolute atomic E-state index is 0.173. The number of carbonyl (C=O) groups is 1. The van der Waals surface area contributed by atoms with E-state index in [0.29, 0.717) is 21.5 Å². The third kappa shape index (κ3) is 5.51. The number of hydrogen-bond acceptors (Lipinski definition) is 4. The van der Waals surface area contributed by atoms with E-state index in [1.807, 2.05) is 30.3 Å². The molecule has 30 heavy (non-hydrogen) atoms. The van der Waals surface area contributed by atoms with Crippen molar-refractivity contribution < 1.29 is 14.6 Å². The second-order valence-electron chi connectivity index (χ2n) is 7.45. The van der Waals surface area contributed by atoms with Crippen molar-refractivity contribution in [3.8, 4) is 5.88 Å². The van der Waals surface area contributed by atoms with E-state index in [9.17, 15) is 9.90 Å². The molecule has 7 heteroatoms. The van der Waals surface area contributed by atoms with Gasteiger partial charge in [0, 0.05) is 27.9 Å². The number of nitrogens with zero attached hydrogens (tertiary/aromatic N) is 1. The van der Waals surface area contributed by atoms with Gasteiger partial charge in [0.25, 0.3) is 5.91 Å². The number of benzene rings is 2. The Morgan fingerprint density at radius 1 is 1.10 bits per heavy atom. The van der Waals surface area contributed by atoms with Crippen molar-refractivity contribution >= 4 is 29.1 Å². The number of aliphatic hydroxyl groups is 1. The van der Waals surface area contributed by atoms with Gasteiger partial charge in [0.05, 0.1) is 17.7 Å². The van der Waals surface area contributed by atoms with Gasteiger partial charge in [-0.15, -0.1) is 0 Å². The summed E-state index contributed by atoms with van der Waals surface area (Å²) < 4.78 is 6.15. The Labute approximate surface area is 185 Å². The molecule has 1 aromatic heterocycles. The average molecular weight is 445 g/mol. The van der Waals surface area contributed by atoms with Crippen molar-refractivity contribution in [1.29, 1.82) is 0 Å². The summed E-state index contributed by atoms with van der Waals surface area (Å²) in [6.45, 7) is 3.29. The molecule has 3 rings (SSSR count). The topological polar surface area (TPSA) is 71.5 Å². The first kappa shape index (κ1) is 22.1. The monoisotopic (exact) mass is 444 g/mol. The van der Waals surface area contributed by atoms with Crippen LogP contribution in [0.4, 0.5) is 0 Å². The molecule has 0 spiro atoms. The summed E-state index contributed by atoms with van der Waals surface area (Å²) in [6.07, 6.45) is 0.931. The molecule has 0 fully saturated rings. The van der Waals surface area contributed by atoms with Crippen LogP contribution in [0.15, 0.2) is 66.9 Å². The van der Waals surface area contributed by atoms with Gasteiger partial charge in [-0.25, -0.2) is 4.98 Å². The average Bonchev–Trinajstić information content (AvgIpc) is 2.73. The molecule has 1 heterocycles. The Balaban J connectivity index is 1.85. The van der Waals surface area contributed by atoms with Gasteiger partial charge >= 0.3 is 0 Å². The number of amides is 1. The molecule has 0 saturated heterocycles. The number of aliphatic hydroxyl groups excluding tert-OH is 1. The van der Waals surface area contributed by atoms with Crippen LogP contribution in [0.3, 0.4) is 0 Å². The van der Waals surface area contributed by atoms with Gasteiger partial charge in [0.2, 0.25) is 5.88 Å². The van der Waals surface area contributed by atoms with E-state index in [2.05, 4.69) is 10.3 Å². The molecule has 2 N–H and O–H groups in total. The Hall–Kier alpha value is -2.60. The highest BCUT2D eigenvalue weighted by Crippen LogP contribution is 2.32. The SMILES string of the molecule is CC(C)(CO)NC(=O)c1ccc(OC(c2ccc(Cl)cc2)c2ccccc2Cl)nc1. The number of nitrogens with one attached hydrogen (secondary N) is 1. The normalized spacial score (nSPS) is 12.3. The van der Waals surface area contributed by atoms with Crippen molar-refractivity contribution in [3.05, 3.63) is 93.6 Å². The van der Waals surface area contributed by atoms with E-state index in [-0.39, 0.29) is 12.5 Å². The fourth-order valence-corrected chi connectivity index (χ4v) is 3.12. The number of hydrogen-bond donors (Lipinski definition) is 2. The Morgan fingerprint density at radius 2 is 1.80 bits per heavy atom. The molecule has 1 amide bonds. The molecule has 0 aliphatic rings. The third-order valence-corrected chi connectivity index (χ3v) is 5.04. The Bertz CT molecular complexity index is 1010. The summed E-state index contributed by atoms with van der Waals surface area (Å²) in [7, 11) is 0. The van der Waals surface area contributed by atoms with Gasteiger partial charge in [-0.3, -0.25) is 4.79 Å².